The van der Waals surface area contributed by atoms with Crippen LogP contribution in [0.3, 0.4) is 0 Å². The molecule has 0 spiro atoms. The summed E-state index contributed by atoms with van der Waals surface area (Å²) in [7, 11) is 2.21. The number of hydrogen-bond acceptors (Lipinski definition) is 3. The summed E-state index contributed by atoms with van der Waals surface area (Å²) in [5.74, 6) is 0.982. The van der Waals surface area contributed by atoms with Crippen molar-refractivity contribution in [3.63, 3.8) is 0 Å². The van der Waals surface area contributed by atoms with E-state index in [1.54, 1.807) is 0 Å². The van der Waals surface area contributed by atoms with Crippen LogP contribution in [-0.4, -0.2) is 74.7 Å². The van der Waals surface area contributed by atoms with Crippen LogP contribution in [0.25, 0.3) is 0 Å². The molecule has 1 aliphatic heterocycles. The lowest BCUT2D eigenvalue weighted by molar-refractivity contribution is 0.152. The molecule has 2 aliphatic rings. The van der Waals surface area contributed by atoms with Gasteiger partial charge in [0.2, 0.25) is 0 Å². The maximum Gasteiger partial charge on any atom is 0.191 e. The highest BCUT2D eigenvalue weighted by atomic mass is 127. The number of guanidine groups is 1. The zero-order valence-corrected chi connectivity index (χ0v) is 17.1. The van der Waals surface area contributed by atoms with E-state index in [0.29, 0.717) is 6.04 Å². The van der Waals surface area contributed by atoms with Gasteiger partial charge in [-0.2, -0.15) is 0 Å². The van der Waals surface area contributed by atoms with Gasteiger partial charge in [0.25, 0.3) is 0 Å². The number of aliphatic imine (C=N–C) groups is 1. The Bertz CT molecular complexity index is 356. The Balaban J connectivity index is 0.00000264. The molecule has 0 aromatic rings. The molecule has 6 heteroatoms. The van der Waals surface area contributed by atoms with Crippen LogP contribution in [0.2, 0.25) is 0 Å². The van der Waals surface area contributed by atoms with Crippen molar-refractivity contribution in [3.05, 3.63) is 12.2 Å². The molecule has 1 fully saturated rings. The van der Waals surface area contributed by atoms with Crippen LogP contribution in [0.1, 0.15) is 32.6 Å². The van der Waals surface area contributed by atoms with Gasteiger partial charge in [-0.05, 0) is 46.2 Å². The van der Waals surface area contributed by atoms with Crippen LogP contribution >= 0.6 is 24.0 Å². The number of unbranched alkanes of at least 4 members (excludes halogenated alkanes) is 1. The predicted octanol–water partition coefficient (Wildman–Crippen LogP) is 1.91. The average Bonchev–Trinajstić information content (AvgIpc) is 3.02. The lowest BCUT2D eigenvalue weighted by Gasteiger charge is -2.32. The van der Waals surface area contributed by atoms with Crippen molar-refractivity contribution in [1.82, 2.24) is 20.4 Å². The Labute approximate surface area is 159 Å². The molecule has 0 amide bonds. The molecule has 0 unspecified atom stereocenters. The molecule has 2 rings (SSSR count). The summed E-state index contributed by atoms with van der Waals surface area (Å²) in [5.41, 5.74) is 0. The third-order valence-corrected chi connectivity index (χ3v) is 4.44. The Morgan fingerprint density at radius 3 is 2.48 bits per heavy atom. The van der Waals surface area contributed by atoms with E-state index in [-0.39, 0.29) is 24.0 Å². The minimum atomic E-state index is 0. The lowest BCUT2D eigenvalue weighted by Crippen LogP contribution is -2.44. The Morgan fingerprint density at radius 1 is 1.13 bits per heavy atom. The topological polar surface area (TPSA) is 42.9 Å². The highest BCUT2D eigenvalue weighted by Crippen LogP contribution is 2.08. The number of nitrogens with one attached hydrogen (secondary N) is 2. The average molecular weight is 435 g/mol. The fraction of sp³-hybridized carbons (Fsp3) is 0.824. The SMILES string of the molecule is CCNC(=NCCCCN1CCN(C)CC1)NC1CC=CC1.I. The van der Waals surface area contributed by atoms with Gasteiger partial charge in [0, 0.05) is 45.3 Å². The summed E-state index contributed by atoms with van der Waals surface area (Å²) < 4.78 is 0. The summed E-state index contributed by atoms with van der Waals surface area (Å²) in [6.45, 7) is 10.1. The first-order valence-electron chi connectivity index (χ1n) is 8.88. The Kier molecular flexibility index (Phi) is 10.9. The van der Waals surface area contributed by atoms with Crippen molar-refractivity contribution in [2.75, 3.05) is 52.9 Å². The van der Waals surface area contributed by atoms with Crippen molar-refractivity contribution < 1.29 is 0 Å². The van der Waals surface area contributed by atoms with Crippen molar-refractivity contribution in [3.8, 4) is 0 Å². The third-order valence-electron chi connectivity index (χ3n) is 4.44. The maximum atomic E-state index is 4.71. The van der Waals surface area contributed by atoms with Gasteiger partial charge in [-0.25, -0.2) is 0 Å². The normalized spacial score (nSPS) is 20.5. The number of hydrogen-bond donors (Lipinski definition) is 2. The maximum absolute atomic E-state index is 4.71. The van der Waals surface area contributed by atoms with E-state index in [0.717, 1.165) is 31.9 Å². The van der Waals surface area contributed by atoms with Crippen molar-refractivity contribution in [2.45, 2.75) is 38.6 Å². The second-order valence-corrected chi connectivity index (χ2v) is 6.40. The van der Waals surface area contributed by atoms with Gasteiger partial charge in [0.1, 0.15) is 0 Å². The van der Waals surface area contributed by atoms with Gasteiger partial charge in [-0.15, -0.1) is 24.0 Å². The molecule has 1 saturated heterocycles. The second-order valence-electron chi connectivity index (χ2n) is 6.40. The highest BCUT2D eigenvalue weighted by Gasteiger charge is 2.13. The van der Waals surface area contributed by atoms with Gasteiger partial charge < -0.3 is 20.4 Å². The third kappa shape index (κ3) is 8.35. The van der Waals surface area contributed by atoms with E-state index in [1.807, 2.05) is 0 Å². The minimum Gasteiger partial charge on any atom is -0.357 e. The van der Waals surface area contributed by atoms with Crippen molar-refractivity contribution >= 4 is 29.9 Å². The molecule has 0 atom stereocenters. The fourth-order valence-corrected chi connectivity index (χ4v) is 2.96. The number of nitrogens with zero attached hydrogens (tertiary/aromatic N) is 3. The zero-order valence-electron chi connectivity index (χ0n) is 14.8. The summed E-state index contributed by atoms with van der Waals surface area (Å²) in [5, 5.41) is 6.87. The molecule has 2 N–H and O–H groups in total. The largest absolute Gasteiger partial charge is 0.357 e. The van der Waals surface area contributed by atoms with Gasteiger partial charge in [0.15, 0.2) is 5.96 Å². The smallest absolute Gasteiger partial charge is 0.191 e. The quantitative estimate of drug-likeness (QED) is 0.211. The van der Waals surface area contributed by atoms with Crippen LogP contribution < -0.4 is 10.6 Å². The number of likely N-dealkylation sites (N-methyl/N-ethyl adjacent to an activating group) is 1. The number of rotatable bonds is 7. The molecule has 134 valence electrons. The summed E-state index contributed by atoms with van der Waals surface area (Å²) in [4.78, 5) is 9.70. The number of piperazine rings is 1. The highest BCUT2D eigenvalue weighted by molar-refractivity contribution is 14.0. The number of halogens is 1. The van der Waals surface area contributed by atoms with Crippen LogP contribution in [-0.2, 0) is 0 Å². The van der Waals surface area contributed by atoms with Gasteiger partial charge >= 0.3 is 0 Å². The molecule has 5 nitrogen and oxygen atoms in total. The monoisotopic (exact) mass is 435 g/mol. The standard InChI is InChI=1S/C17H33N5.HI/c1-3-18-17(20-16-8-4-5-9-16)19-10-6-7-11-22-14-12-21(2)13-15-22;/h4-5,16H,3,6-15H2,1-2H3,(H2,18,19,20);1H. The molecule has 0 bridgehead atoms. The molecule has 1 heterocycles. The van der Waals surface area contributed by atoms with Crippen molar-refractivity contribution in [1.29, 1.82) is 0 Å². The van der Waals surface area contributed by atoms with Gasteiger partial charge in [-0.1, -0.05) is 12.2 Å². The zero-order chi connectivity index (χ0) is 15.6. The van der Waals surface area contributed by atoms with E-state index in [4.69, 9.17) is 4.99 Å². The minimum absolute atomic E-state index is 0. The van der Waals surface area contributed by atoms with Crippen molar-refractivity contribution in [2.24, 2.45) is 4.99 Å². The summed E-state index contributed by atoms with van der Waals surface area (Å²) in [6, 6.07) is 0.531. The molecule has 0 radical (unpaired) electrons. The predicted molar refractivity (Wildman–Crippen MR) is 110 cm³/mol. The first-order valence-corrected chi connectivity index (χ1v) is 8.88. The van der Waals surface area contributed by atoms with Crippen LogP contribution in [0.15, 0.2) is 17.1 Å². The second kappa shape index (κ2) is 12.1. The Morgan fingerprint density at radius 2 is 1.83 bits per heavy atom. The van der Waals surface area contributed by atoms with E-state index < -0.39 is 0 Å². The van der Waals surface area contributed by atoms with E-state index >= 15 is 0 Å². The molecule has 0 aromatic carbocycles. The summed E-state index contributed by atoms with van der Waals surface area (Å²) >= 11 is 0. The van der Waals surface area contributed by atoms with Crippen LogP contribution in [0.4, 0.5) is 0 Å². The molecular weight excluding hydrogens is 401 g/mol. The molecule has 23 heavy (non-hydrogen) atoms. The first-order chi connectivity index (χ1) is 10.8. The lowest BCUT2D eigenvalue weighted by atomic mass is 10.2. The van der Waals surface area contributed by atoms with E-state index in [2.05, 4.69) is 46.6 Å². The van der Waals surface area contributed by atoms with Gasteiger partial charge in [0.05, 0.1) is 0 Å². The molecule has 1 aliphatic carbocycles. The van der Waals surface area contributed by atoms with Crippen LogP contribution in [0, 0.1) is 0 Å². The fourth-order valence-electron chi connectivity index (χ4n) is 2.96. The molecular formula is C17H34IN5. The summed E-state index contributed by atoms with van der Waals surface area (Å²) in [6.07, 6.45) is 9.15. The first kappa shape index (κ1) is 20.7. The van der Waals surface area contributed by atoms with E-state index in [9.17, 15) is 0 Å². The Hall–Kier alpha value is -0.340. The van der Waals surface area contributed by atoms with Crippen LogP contribution in [0.5, 0.6) is 0 Å². The molecule has 0 aromatic heterocycles. The van der Waals surface area contributed by atoms with Gasteiger partial charge in [-0.3, -0.25) is 4.99 Å². The molecule has 0 saturated carbocycles. The van der Waals surface area contributed by atoms with E-state index in [1.165, 1.54) is 45.6 Å².